The Morgan fingerprint density at radius 2 is 2.18 bits per heavy atom. The molecule has 7 heteroatoms. The van der Waals surface area contributed by atoms with E-state index in [0.717, 1.165) is 12.8 Å². The zero-order valence-electron chi connectivity index (χ0n) is 12.7. The fourth-order valence-corrected chi connectivity index (χ4v) is 2.99. The lowest BCUT2D eigenvalue weighted by Crippen LogP contribution is -2.08. The highest BCUT2D eigenvalue weighted by Gasteiger charge is 2.11. The third kappa shape index (κ3) is 4.01. The van der Waals surface area contributed by atoms with Gasteiger partial charge in [-0.3, -0.25) is 0 Å². The molecule has 0 spiro atoms. The lowest BCUT2D eigenvalue weighted by atomic mass is 10.3. The molecule has 0 saturated heterocycles. The van der Waals surface area contributed by atoms with E-state index in [1.54, 1.807) is 18.2 Å². The summed E-state index contributed by atoms with van der Waals surface area (Å²) in [5.74, 6) is 0.346. The summed E-state index contributed by atoms with van der Waals surface area (Å²) >= 11 is 5.97. The molecule has 118 valence electrons. The van der Waals surface area contributed by atoms with E-state index in [-0.39, 0.29) is 5.25 Å². The average molecular weight is 340 g/mol. The topological polar surface area (TPSA) is 64.4 Å². The van der Waals surface area contributed by atoms with E-state index in [1.807, 2.05) is 6.92 Å². The molecule has 0 aliphatic rings. The van der Waals surface area contributed by atoms with E-state index >= 15 is 0 Å². The average Bonchev–Trinajstić information content (AvgIpc) is 2.51. The quantitative estimate of drug-likeness (QED) is 0.755. The highest BCUT2D eigenvalue weighted by molar-refractivity contribution is 7.84. The van der Waals surface area contributed by atoms with Crippen LogP contribution in [0.1, 0.15) is 32.4 Å². The maximum absolute atomic E-state index is 12.0. The van der Waals surface area contributed by atoms with Gasteiger partial charge >= 0.3 is 0 Å². The standard InChI is InChI=1S/C15H18ClN3O2S/c1-4-5-10(2)22(20)17-9-14-15(21-3)19-12-7-6-11(16)8-13(12)18-14/h6-10H,4-5H2,1-3H3/b17-9+/t10-,22?/m0/s1. The summed E-state index contributed by atoms with van der Waals surface area (Å²) in [6.45, 7) is 3.97. The smallest absolute Gasteiger partial charge is 0.241 e. The zero-order valence-corrected chi connectivity index (χ0v) is 14.3. The van der Waals surface area contributed by atoms with Crippen molar-refractivity contribution in [3.05, 3.63) is 28.9 Å². The van der Waals surface area contributed by atoms with E-state index < -0.39 is 11.0 Å². The Bertz CT molecular complexity index is 721. The van der Waals surface area contributed by atoms with Crippen LogP contribution in [0.25, 0.3) is 11.0 Å². The number of rotatable bonds is 6. The van der Waals surface area contributed by atoms with Crippen molar-refractivity contribution >= 4 is 39.8 Å². The van der Waals surface area contributed by atoms with Gasteiger partial charge in [0, 0.05) is 5.02 Å². The predicted molar refractivity (Wildman–Crippen MR) is 91.2 cm³/mol. The molecule has 1 aromatic heterocycles. The van der Waals surface area contributed by atoms with Crippen molar-refractivity contribution in [3.63, 3.8) is 0 Å². The Hall–Kier alpha value is -1.53. The highest BCUT2D eigenvalue weighted by Crippen LogP contribution is 2.21. The Morgan fingerprint density at radius 1 is 1.41 bits per heavy atom. The summed E-state index contributed by atoms with van der Waals surface area (Å²) in [4.78, 5) is 8.79. The minimum absolute atomic E-state index is 0.00936. The van der Waals surface area contributed by atoms with Crippen LogP contribution in [-0.4, -0.2) is 32.8 Å². The van der Waals surface area contributed by atoms with Crippen molar-refractivity contribution in [1.29, 1.82) is 0 Å². The molecule has 0 N–H and O–H groups in total. The minimum atomic E-state index is -1.29. The van der Waals surface area contributed by atoms with Gasteiger partial charge in [-0.2, -0.15) is 4.40 Å². The van der Waals surface area contributed by atoms with Gasteiger partial charge in [0.1, 0.15) is 16.7 Å². The normalized spacial score (nSPS) is 14.4. The summed E-state index contributed by atoms with van der Waals surface area (Å²) < 4.78 is 21.3. The van der Waals surface area contributed by atoms with Crippen LogP contribution in [0.5, 0.6) is 5.88 Å². The van der Waals surface area contributed by atoms with Gasteiger partial charge in [-0.1, -0.05) is 24.9 Å². The van der Waals surface area contributed by atoms with Gasteiger partial charge in [0.15, 0.2) is 0 Å². The number of ether oxygens (including phenoxy) is 1. The van der Waals surface area contributed by atoms with Gasteiger partial charge in [-0.25, -0.2) is 14.2 Å². The van der Waals surface area contributed by atoms with E-state index in [9.17, 15) is 4.21 Å². The summed E-state index contributed by atoms with van der Waals surface area (Å²) in [5, 5.41) is 0.588. The first-order valence-electron chi connectivity index (χ1n) is 7.01. The summed E-state index contributed by atoms with van der Waals surface area (Å²) in [7, 11) is 0.220. The monoisotopic (exact) mass is 339 g/mol. The number of hydrogen-bond acceptors (Lipinski definition) is 4. The Morgan fingerprint density at radius 3 is 2.86 bits per heavy atom. The second-order valence-corrected chi connectivity index (χ2v) is 6.87. The van der Waals surface area contributed by atoms with Gasteiger partial charge < -0.3 is 4.74 Å². The summed E-state index contributed by atoms with van der Waals surface area (Å²) in [6, 6.07) is 5.24. The van der Waals surface area contributed by atoms with Gasteiger partial charge in [0.2, 0.25) is 5.88 Å². The lowest BCUT2D eigenvalue weighted by Gasteiger charge is -2.07. The van der Waals surface area contributed by atoms with Crippen molar-refractivity contribution in [3.8, 4) is 5.88 Å². The van der Waals surface area contributed by atoms with Crippen LogP contribution in [0.2, 0.25) is 5.02 Å². The Balaban J connectivity index is 2.35. The van der Waals surface area contributed by atoms with Gasteiger partial charge in [0.25, 0.3) is 0 Å². The van der Waals surface area contributed by atoms with Crippen LogP contribution in [-0.2, 0) is 11.0 Å². The molecule has 1 aromatic carbocycles. The Labute approximate surface area is 137 Å². The largest absolute Gasteiger partial charge is 0.479 e. The summed E-state index contributed by atoms with van der Waals surface area (Å²) in [6.07, 6.45) is 3.29. The molecular formula is C15H18ClN3O2S. The van der Waals surface area contributed by atoms with Crippen LogP contribution in [0, 0.1) is 0 Å². The zero-order chi connectivity index (χ0) is 16.1. The molecule has 0 aliphatic heterocycles. The third-order valence-corrected chi connectivity index (χ3v) is 4.60. The molecule has 0 fully saturated rings. The van der Waals surface area contributed by atoms with Gasteiger partial charge in [-0.05, 0) is 31.5 Å². The molecule has 1 heterocycles. The van der Waals surface area contributed by atoms with Crippen molar-refractivity contribution in [2.45, 2.75) is 31.9 Å². The fraction of sp³-hybridized carbons (Fsp3) is 0.400. The molecule has 0 radical (unpaired) electrons. The molecule has 2 rings (SSSR count). The highest BCUT2D eigenvalue weighted by atomic mass is 35.5. The first-order chi connectivity index (χ1) is 10.5. The van der Waals surface area contributed by atoms with Crippen molar-refractivity contribution < 1.29 is 8.95 Å². The SMILES string of the molecule is CCC[C@H](C)S(=O)/N=C/c1nc2cc(Cl)ccc2nc1OC. The van der Waals surface area contributed by atoms with Gasteiger partial charge in [0.05, 0.1) is 29.6 Å². The predicted octanol–water partition coefficient (Wildman–Crippen LogP) is 3.56. The van der Waals surface area contributed by atoms with Crippen LogP contribution in [0.4, 0.5) is 0 Å². The van der Waals surface area contributed by atoms with Crippen molar-refractivity contribution in [2.24, 2.45) is 4.40 Å². The number of halogens is 1. The van der Waals surface area contributed by atoms with E-state index in [1.165, 1.54) is 13.3 Å². The first-order valence-corrected chi connectivity index (χ1v) is 8.56. The third-order valence-electron chi connectivity index (χ3n) is 3.13. The molecular weight excluding hydrogens is 322 g/mol. The molecule has 5 nitrogen and oxygen atoms in total. The molecule has 0 bridgehead atoms. The van der Waals surface area contributed by atoms with Gasteiger partial charge in [-0.15, -0.1) is 0 Å². The lowest BCUT2D eigenvalue weighted by molar-refractivity contribution is 0.397. The number of nitrogens with zero attached hydrogens (tertiary/aromatic N) is 3. The Kier molecular flexibility index (Phi) is 5.85. The minimum Gasteiger partial charge on any atom is -0.479 e. The van der Waals surface area contributed by atoms with E-state index in [0.29, 0.717) is 27.6 Å². The summed E-state index contributed by atoms with van der Waals surface area (Å²) in [5.41, 5.74) is 1.76. The number of methoxy groups -OCH3 is 1. The number of aromatic nitrogens is 2. The molecule has 2 aromatic rings. The van der Waals surface area contributed by atoms with E-state index in [2.05, 4.69) is 21.3 Å². The molecule has 0 amide bonds. The first kappa shape index (κ1) is 16.8. The van der Waals surface area contributed by atoms with Crippen LogP contribution < -0.4 is 4.74 Å². The molecule has 22 heavy (non-hydrogen) atoms. The van der Waals surface area contributed by atoms with Crippen molar-refractivity contribution in [2.75, 3.05) is 7.11 Å². The number of benzene rings is 1. The molecule has 1 unspecified atom stereocenters. The second kappa shape index (κ2) is 7.65. The van der Waals surface area contributed by atoms with Crippen molar-refractivity contribution in [1.82, 2.24) is 9.97 Å². The number of hydrogen-bond donors (Lipinski definition) is 0. The number of fused-ring (bicyclic) bond motifs is 1. The molecule has 0 saturated carbocycles. The maximum atomic E-state index is 12.0. The van der Waals surface area contributed by atoms with Crippen LogP contribution in [0.15, 0.2) is 22.6 Å². The fourth-order valence-electron chi connectivity index (χ4n) is 1.97. The molecule has 2 atom stereocenters. The maximum Gasteiger partial charge on any atom is 0.241 e. The van der Waals surface area contributed by atoms with Crippen LogP contribution >= 0.6 is 11.6 Å². The van der Waals surface area contributed by atoms with Crippen LogP contribution in [0.3, 0.4) is 0 Å². The molecule has 0 aliphatic carbocycles. The van der Waals surface area contributed by atoms with E-state index in [4.69, 9.17) is 16.3 Å². The second-order valence-electron chi connectivity index (χ2n) is 4.86.